The molecule has 0 fully saturated rings. The first kappa shape index (κ1) is 28.5. The highest BCUT2D eigenvalue weighted by atomic mass is 32.1. The number of hydrogen-bond donors (Lipinski definition) is 0. The van der Waals surface area contributed by atoms with Crippen molar-refractivity contribution in [2.45, 2.75) is 0 Å². The first-order valence-electron chi connectivity index (χ1n) is 17.6. The van der Waals surface area contributed by atoms with E-state index < -0.39 is 0 Å². The van der Waals surface area contributed by atoms with Crippen LogP contribution in [0.5, 0.6) is 0 Å². The summed E-state index contributed by atoms with van der Waals surface area (Å²) in [5, 5.41) is 15.4. The van der Waals surface area contributed by atoms with Gasteiger partial charge in [0, 0.05) is 25.6 Å². The minimum atomic E-state index is 1.26. The van der Waals surface area contributed by atoms with Crippen LogP contribution in [0.15, 0.2) is 182 Å². The molecule has 236 valence electrons. The molecule has 0 aliphatic rings. The largest absolute Gasteiger partial charge is 0.135 e. The molecule has 0 amide bonds. The maximum atomic E-state index is 2.45. The van der Waals surface area contributed by atoms with E-state index in [-0.39, 0.29) is 0 Å². The van der Waals surface area contributed by atoms with Crippen LogP contribution in [0.3, 0.4) is 0 Å². The topological polar surface area (TPSA) is 0 Å². The quantitative estimate of drug-likeness (QED) is 0.165. The Kier molecular flexibility index (Phi) is 6.22. The SMILES string of the molecule is c1ccc2c(-c3c4ccccc4c(-c4ccc(-c5cc6c7ccccc7sc6c6ccccc56)c5ccccc45)c4ccccc34)cccc2c1. The van der Waals surface area contributed by atoms with Crippen molar-refractivity contribution in [2.75, 3.05) is 0 Å². The van der Waals surface area contributed by atoms with Crippen LogP contribution < -0.4 is 0 Å². The average Bonchev–Trinajstić information content (AvgIpc) is 3.58. The Balaban J connectivity index is 1.23. The molecule has 1 heteroatoms. The monoisotopic (exact) mass is 662 g/mol. The molecule has 0 radical (unpaired) electrons. The number of hydrogen-bond acceptors (Lipinski definition) is 1. The van der Waals surface area contributed by atoms with Crippen LogP contribution >= 0.6 is 11.3 Å². The van der Waals surface area contributed by atoms with Gasteiger partial charge in [-0.2, -0.15) is 0 Å². The van der Waals surface area contributed by atoms with E-state index in [0.717, 1.165) is 0 Å². The van der Waals surface area contributed by atoms with Gasteiger partial charge in [0.15, 0.2) is 0 Å². The molecule has 51 heavy (non-hydrogen) atoms. The normalized spacial score (nSPS) is 11.9. The smallest absolute Gasteiger partial charge is 0.0434 e. The highest BCUT2D eigenvalue weighted by molar-refractivity contribution is 7.26. The standard InChI is InChI=1S/C50H30S/c1-2-16-32-31(14-1)15-13-26-38(32)48-39-21-6-8-23-41(39)49(42-24-9-7-22-40(42)48)43-29-28-36(33-17-3-4-18-34(33)43)45-30-46-37-20-11-12-27-47(37)51-50(46)44-25-10-5-19-35(44)45/h1-30H. The molecule has 0 aliphatic carbocycles. The Morgan fingerprint density at radius 2 is 0.686 bits per heavy atom. The minimum Gasteiger partial charge on any atom is -0.135 e. The van der Waals surface area contributed by atoms with Crippen LogP contribution in [-0.2, 0) is 0 Å². The summed E-state index contributed by atoms with van der Waals surface area (Å²) >= 11 is 1.90. The molecule has 0 saturated carbocycles. The number of thiophene rings is 1. The molecule has 11 rings (SSSR count). The second-order valence-electron chi connectivity index (χ2n) is 13.5. The number of rotatable bonds is 3. The minimum absolute atomic E-state index is 1.26. The van der Waals surface area contributed by atoms with E-state index in [4.69, 9.17) is 0 Å². The Morgan fingerprint density at radius 1 is 0.255 bits per heavy atom. The van der Waals surface area contributed by atoms with Crippen LogP contribution in [-0.4, -0.2) is 0 Å². The molecular weight excluding hydrogens is 633 g/mol. The van der Waals surface area contributed by atoms with Crippen molar-refractivity contribution in [1.29, 1.82) is 0 Å². The van der Waals surface area contributed by atoms with Gasteiger partial charge in [0.25, 0.3) is 0 Å². The van der Waals surface area contributed by atoms with Gasteiger partial charge in [0.2, 0.25) is 0 Å². The molecule has 0 saturated heterocycles. The molecule has 0 aliphatic heterocycles. The van der Waals surface area contributed by atoms with Crippen molar-refractivity contribution in [3.63, 3.8) is 0 Å². The fourth-order valence-electron chi connectivity index (χ4n) is 8.67. The molecule has 0 nitrogen and oxygen atoms in total. The number of benzene rings is 10. The highest BCUT2D eigenvalue weighted by Gasteiger charge is 2.21. The fraction of sp³-hybridized carbons (Fsp3) is 0. The van der Waals surface area contributed by atoms with Gasteiger partial charge in [-0.05, 0) is 94.0 Å². The first-order chi connectivity index (χ1) is 25.3. The third kappa shape index (κ3) is 4.19. The van der Waals surface area contributed by atoms with E-state index in [2.05, 4.69) is 182 Å². The summed E-state index contributed by atoms with van der Waals surface area (Å²) in [5.41, 5.74) is 7.67. The Labute approximate surface area is 299 Å². The summed E-state index contributed by atoms with van der Waals surface area (Å²) in [7, 11) is 0. The summed E-state index contributed by atoms with van der Waals surface area (Å²) in [5.74, 6) is 0. The third-order valence-electron chi connectivity index (χ3n) is 10.9. The van der Waals surface area contributed by atoms with Gasteiger partial charge in [-0.15, -0.1) is 11.3 Å². The molecule has 1 heterocycles. The van der Waals surface area contributed by atoms with Crippen molar-refractivity contribution in [1.82, 2.24) is 0 Å². The highest BCUT2D eigenvalue weighted by Crippen LogP contribution is 2.49. The Bertz CT molecular complexity index is 3130. The van der Waals surface area contributed by atoms with Crippen LogP contribution in [0.2, 0.25) is 0 Å². The van der Waals surface area contributed by atoms with E-state index in [9.17, 15) is 0 Å². The Morgan fingerprint density at radius 3 is 1.33 bits per heavy atom. The molecule has 1 aromatic heterocycles. The lowest BCUT2D eigenvalue weighted by molar-refractivity contribution is 1.68. The van der Waals surface area contributed by atoms with Gasteiger partial charge in [0.1, 0.15) is 0 Å². The van der Waals surface area contributed by atoms with E-state index >= 15 is 0 Å². The predicted molar refractivity (Wildman–Crippen MR) is 223 cm³/mol. The molecule has 0 spiro atoms. The van der Waals surface area contributed by atoms with E-state index in [1.165, 1.54) is 107 Å². The van der Waals surface area contributed by atoms with Gasteiger partial charge in [0.05, 0.1) is 0 Å². The van der Waals surface area contributed by atoms with Gasteiger partial charge in [-0.25, -0.2) is 0 Å². The van der Waals surface area contributed by atoms with E-state index in [0.29, 0.717) is 0 Å². The lowest BCUT2D eigenvalue weighted by Gasteiger charge is -2.20. The lowest BCUT2D eigenvalue weighted by atomic mass is 9.82. The molecule has 10 aromatic carbocycles. The molecule has 11 aromatic rings. The van der Waals surface area contributed by atoms with Crippen molar-refractivity contribution in [2.24, 2.45) is 0 Å². The van der Waals surface area contributed by atoms with Crippen molar-refractivity contribution in [3.8, 4) is 33.4 Å². The molecule has 0 N–H and O–H groups in total. The second-order valence-corrected chi connectivity index (χ2v) is 14.6. The summed E-state index contributed by atoms with van der Waals surface area (Å²) in [4.78, 5) is 0. The van der Waals surface area contributed by atoms with Gasteiger partial charge in [-0.1, -0.05) is 170 Å². The zero-order valence-electron chi connectivity index (χ0n) is 27.7. The van der Waals surface area contributed by atoms with Gasteiger partial charge < -0.3 is 0 Å². The maximum Gasteiger partial charge on any atom is 0.0434 e. The summed E-state index contributed by atoms with van der Waals surface area (Å²) in [6.45, 7) is 0. The molecule has 0 bridgehead atoms. The molecular formula is C50H30S. The average molecular weight is 663 g/mol. The van der Waals surface area contributed by atoms with Crippen molar-refractivity contribution < 1.29 is 0 Å². The first-order valence-corrected chi connectivity index (χ1v) is 18.4. The lowest BCUT2D eigenvalue weighted by Crippen LogP contribution is -1.93. The second kappa shape index (κ2) is 11.1. The van der Waals surface area contributed by atoms with Crippen molar-refractivity contribution in [3.05, 3.63) is 182 Å². The van der Waals surface area contributed by atoms with Crippen LogP contribution in [0.1, 0.15) is 0 Å². The van der Waals surface area contributed by atoms with E-state index in [1.54, 1.807) is 0 Å². The van der Waals surface area contributed by atoms with Crippen molar-refractivity contribution >= 4 is 85.4 Å². The Hall–Kier alpha value is -6.28. The zero-order chi connectivity index (χ0) is 33.5. The fourth-order valence-corrected chi connectivity index (χ4v) is 9.90. The van der Waals surface area contributed by atoms with Crippen LogP contribution in [0.4, 0.5) is 0 Å². The summed E-state index contributed by atoms with van der Waals surface area (Å²) in [6.07, 6.45) is 0. The van der Waals surface area contributed by atoms with E-state index in [1.807, 2.05) is 11.3 Å². The predicted octanol–water partition coefficient (Wildman–Crippen LogP) is 14.8. The van der Waals surface area contributed by atoms with Crippen LogP contribution in [0, 0.1) is 0 Å². The van der Waals surface area contributed by atoms with Gasteiger partial charge in [-0.3, -0.25) is 0 Å². The zero-order valence-corrected chi connectivity index (χ0v) is 28.5. The van der Waals surface area contributed by atoms with Gasteiger partial charge >= 0.3 is 0 Å². The molecule has 0 unspecified atom stereocenters. The number of fused-ring (bicyclic) bond motifs is 9. The van der Waals surface area contributed by atoms with Crippen LogP contribution in [0.25, 0.3) is 107 Å². The maximum absolute atomic E-state index is 2.45. The summed E-state index contributed by atoms with van der Waals surface area (Å²) < 4.78 is 2.70. The third-order valence-corrected chi connectivity index (χ3v) is 12.1. The molecule has 0 atom stereocenters. The summed E-state index contributed by atoms with van der Waals surface area (Å²) in [6, 6.07) is 67.5.